The number of rotatable bonds is 1. The summed E-state index contributed by atoms with van der Waals surface area (Å²) >= 11 is 0. The predicted octanol–water partition coefficient (Wildman–Crippen LogP) is -1.70. The highest BCUT2D eigenvalue weighted by atomic mass is 15.0. The van der Waals surface area contributed by atoms with E-state index >= 15 is 0 Å². The van der Waals surface area contributed by atoms with E-state index in [1.165, 1.54) is 32.4 Å². The molecule has 1 fully saturated rings. The maximum atomic E-state index is 2.44. The third-order valence-corrected chi connectivity index (χ3v) is 2.17. The molecule has 0 radical (unpaired) electrons. The molecular formula is C7H18N2+2. The highest BCUT2D eigenvalue weighted by Crippen LogP contribution is 1.96. The molecule has 0 aromatic carbocycles. The lowest BCUT2D eigenvalue weighted by Crippen LogP contribution is -2.96. The fraction of sp³-hybridized carbons (Fsp3) is 1.00. The van der Waals surface area contributed by atoms with Crippen LogP contribution in [0.4, 0.5) is 0 Å². The second-order valence-electron chi connectivity index (χ2n) is 2.90. The molecule has 4 N–H and O–H groups in total. The molecule has 0 aromatic heterocycles. The zero-order valence-corrected chi connectivity index (χ0v) is 6.27. The van der Waals surface area contributed by atoms with Crippen LogP contribution in [0.25, 0.3) is 0 Å². The van der Waals surface area contributed by atoms with E-state index < -0.39 is 0 Å². The lowest BCUT2D eigenvalue weighted by Gasteiger charge is -2.05. The van der Waals surface area contributed by atoms with Crippen molar-refractivity contribution in [3.63, 3.8) is 0 Å². The predicted molar refractivity (Wildman–Crippen MR) is 37.1 cm³/mol. The number of hydrogen-bond donors (Lipinski definition) is 2. The van der Waals surface area contributed by atoms with Crippen molar-refractivity contribution in [1.29, 1.82) is 0 Å². The summed E-state index contributed by atoms with van der Waals surface area (Å²) < 4.78 is 0. The van der Waals surface area contributed by atoms with Gasteiger partial charge in [0.15, 0.2) is 0 Å². The molecule has 9 heavy (non-hydrogen) atoms. The minimum Gasteiger partial charge on any atom is -0.342 e. The van der Waals surface area contributed by atoms with Gasteiger partial charge >= 0.3 is 0 Å². The molecule has 0 aromatic rings. The number of likely N-dealkylation sites (N-methyl/N-ethyl adjacent to an activating group) is 1. The van der Waals surface area contributed by atoms with E-state index in [2.05, 4.69) is 17.7 Å². The first-order valence-electron chi connectivity index (χ1n) is 4.04. The van der Waals surface area contributed by atoms with Crippen LogP contribution in [0, 0.1) is 0 Å². The average Bonchev–Trinajstić information content (AvgIpc) is 2.13. The Balaban J connectivity index is 2.18. The molecule has 2 heteroatoms. The molecule has 2 nitrogen and oxygen atoms in total. The smallest absolute Gasteiger partial charge is 0.135 e. The maximum absolute atomic E-state index is 2.44. The van der Waals surface area contributed by atoms with Crippen molar-refractivity contribution >= 4 is 0 Å². The first-order chi connectivity index (χ1) is 4.43. The van der Waals surface area contributed by atoms with Crippen LogP contribution in [0.1, 0.15) is 19.3 Å². The van der Waals surface area contributed by atoms with Crippen molar-refractivity contribution in [1.82, 2.24) is 0 Å². The minimum atomic E-state index is 0.896. The Hall–Kier alpha value is -0.0800. The summed E-state index contributed by atoms with van der Waals surface area (Å²) in [6.07, 6.45) is 4.28. The summed E-state index contributed by atoms with van der Waals surface area (Å²) in [6, 6.07) is 0.896. The molecule has 0 unspecified atom stereocenters. The van der Waals surface area contributed by atoms with E-state index in [4.69, 9.17) is 0 Å². The molecule has 54 valence electrons. The van der Waals surface area contributed by atoms with Gasteiger partial charge in [0.1, 0.15) is 12.6 Å². The van der Waals surface area contributed by atoms with Crippen molar-refractivity contribution in [2.75, 3.05) is 20.1 Å². The van der Waals surface area contributed by atoms with Crippen LogP contribution in [-0.2, 0) is 0 Å². The van der Waals surface area contributed by atoms with E-state index in [-0.39, 0.29) is 0 Å². The number of nitrogens with two attached hydrogens (primary N) is 2. The fourth-order valence-electron chi connectivity index (χ4n) is 1.45. The summed E-state index contributed by atoms with van der Waals surface area (Å²) in [5.74, 6) is 0. The highest BCUT2D eigenvalue weighted by molar-refractivity contribution is 4.53. The topological polar surface area (TPSA) is 33.2 Å². The quantitative estimate of drug-likeness (QED) is 0.424. The molecule has 0 saturated carbocycles. The lowest BCUT2D eigenvalue weighted by molar-refractivity contribution is -0.733. The van der Waals surface area contributed by atoms with Gasteiger partial charge in [-0.25, -0.2) is 0 Å². The van der Waals surface area contributed by atoms with Crippen molar-refractivity contribution in [3.05, 3.63) is 0 Å². The van der Waals surface area contributed by atoms with Gasteiger partial charge in [-0.15, -0.1) is 0 Å². The van der Waals surface area contributed by atoms with Gasteiger partial charge in [-0.1, -0.05) is 0 Å². The van der Waals surface area contributed by atoms with Gasteiger partial charge in [0, 0.05) is 6.42 Å². The van der Waals surface area contributed by atoms with Crippen LogP contribution in [0.5, 0.6) is 0 Å². The van der Waals surface area contributed by atoms with Crippen molar-refractivity contribution < 1.29 is 10.6 Å². The number of hydrogen-bond acceptors (Lipinski definition) is 0. The molecule has 1 rings (SSSR count). The Labute approximate surface area is 57.0 Å². The maximum Gasteiger partial charge on any atom is 0.135 e. The van der Waals surface area contributed by atoms with Crippen LogP contribution in [0.3, 0.4) is 0 Å². The Morgan fingerprint density at radius 2 is 2.33 bits per heavy atom. The summed E-state index contributed by atoms with van der Waals surface area (Å²) in [4.78, 5) is 0. The molecule has 0 bridgehead atoms. The third-order valence-electron chi connectivity index (χ3n) is 2.17. The van der Waals surface area contributed by atoms with Crippen molar-refractivity contribution in [3.8, 4) is 0 Å². The molecule has 1 saturated heterocycles. The van der Waals surface area contributed by atoms with Gasteiger partial charge in [0.2, 0.25) is 0 Å². The normalized spacial score (nSPS) is 29.7. The Kier molecular flexibility index (Phi) is 3.01. The highest BCUT2D eigenvalue weighted by Gasteiger charge is 2.13. The first-order valence-corrected chi connectivity index (χ1v) is 4.04. The van der Waals surface area contributed by atoms with E-state index in [0.29, 0.717) is 0 Å². The van der Waals surface area contributed by atoms with Crippen LogP contribution < -0.4 is 10.6 Å². The second kappa shape index (κ2) is 3.85. The van der Waals surface area contributed by atoms with Gasteiger partial charge in [0.05, 0.1) is 13.6 Å². The first kappa shape index (κ1) is 7.03. The van der Waals surface area contributed by atoms with Crippen molar-refractivity contribution in [2.24, 2.45) is 0 Å². The van der Waals surface area contributed by atoms with E-state index in [9.17, 15) is 0 Å². The Morgan fingerprint density at radius 1 is 1.44 bits per heavy atom. The van der Waals surface area contributed by atoms with Gasteiger partial charge in [-0.2, -0.15) is 0 Å². The van der Waals surface area contributed by atoms with Gasteiger partial charge < -0.3 is 10.6 Å². The largest absolute Gasteiger partial charge is 0.342 e. The molecule has 0 aliphatic carbocycles. The molecule has 0 amide bonds. The summed E-state index contributed by atoms with van der Waals surface area (Å²) in [5.41, 5.74) is 0. The zero-order chi connectivity index (χ0) is 6.53. The van der Waals surface area contributed by atoms with E-state index in [1.807, 2.05) is 0 Å². The molecule has 1 aliphatic heterocycles. The van der Waals surface area contributed by atoms with Gasteiger partial charge in [-0.3, -0.25) is 0 Å². The second-order valence-corrected chi connectivity index (χ2v) is 2.90. The van der Waals surface area contributed by atoms with Crippen LogP contribution in [-0.4, -0.2) is 26.2 Å². The molecule has 1 heterocycles. The van der Waals surface area contributed by atoms with Crippen LogP contribution in [0.2, 0.25) is 0 Å². The molecule has 0 spiro atoms. The zero-order valence-electron chi connectivity index (χ0n) is 6.27. The Morgan fingerprint density at radius 3 is 3.11 bits per heavy atom. The molecule has 1 aliphatic rings. The minimum absolute atomic E-state index is 0.896. The van der Waals surface area contributed by atoms with Crippen LogP contribution in [0.15, 0.2) is 0 Å². The Bertz CT molecular complexity index is 65.3. The summed E-state index contributed by atoms with van der Waals surface area (Å²) in [5, 5.41) is 4.79. The third kappa shape index (κ3) is 2.33. The SMILES string of the molecule is C[NH2+][C@H]1CCCC[NH2+]C1. The van der Waals surface area contributed by atoms with Gasteiger partial charge in [-0.05, 0) is 12.8 Å². The van der Waals surface area contributed by atoms with E-state index in [1.54, 1.807) is 0 Å². The fourth-order valence-corrected chi connectivity index (χ4v) is 1.45. The van der Waals surface area contributed by atoms with E-state index in [0.717, 1.165) is 6.04 Å². The van der Waals surface area contributed by atoms with Crippen LogP contribution >= 0.6 is 0 Å². The molecular weight excluding hydrogens is 112 g/mol. The average molecular weight is 130 g/mol. The van der Waals surface area contributed by atoms with Crippen molar-refractivity contribution in [2.45, 2.75) is 25.3 Å². The number of quaternary nitrogens is 2. The standard InChI is InChI=1S/C7H16N2/c1-8-7-4-2-3-5-9-6-7/h7-9H,2-6H2,1H3/p+2/t7-/m0/s1. The summed E-state index contributed by atoms with van der Waals surface area (Å²) in [7, 11) is 2.18. The summed E-state index contributed by atoms with van der Waals surface area (Å²) in [6.45, 7) is 2.68. The molecule has 1 atom stereocenters. The monoisotopic (exact) mass is 130 g/mol. The lowest BCUT2D eigenvalue weighted by atomic mass is 10.1. The van der Waals surface area contributed by atoms with Gasteiger partial charge in [0.25, 0.3) is 0 Å².